The molecule has 1 aliphatic carbocycles. The van der Waals surface area contributed by atoms with E-state index in [1.54, 1.807) is 19.1 Å². The summed E-state index contributed by atoms with van der Waals surface area (Å²) in [5, 5.41) is 3.50. The highest BCUT2D eigenvalue weighted by atomic mass is 32.2. The molecule has 1 aromatic rings. The lowest BCUT2D eigenvalue weighted by Crippen LogP contribution is -2.16. The molecule has 19 heavy (non-hydrogen) atoms. The molecule has 0 amide bonds. The average molecular weight is 282 g/mol. The van der Waals surface area contributed by atoms with E-state index in [1.807, 2.05) is 12.1 Å². The lowest BCUT2D eigenvalue weighted by Gasteiger charge is -2.14. The fraction of sp³-hybridized carbons (Fsp3) is 0.571. The predicted molar refractivity (Wildman–Crippen MR) is 80.0 cm³/mol. The van der Waals surface area contributed by atoms with Gasteiger partial charge in [0.1, 0.15) is 0 Å². The van der Waals surface area contributed by atoms with Crippen LogP contribution in [0.1, 0.15) is 33.1 Å². The first kappa shape index (κ1) is 14.2. The smallest absolute Gasteiger partial charge is 0.232 e. The topological polar surface area (TPSA) is 58.2 Å². The van der Waals surface area contributed by atoms with E-state index in [-0.39, 0.29) is 5.75 Å². The number of hydrogen-bond acceptors (Lipinski definition) is 3. The van der Waals surface area contributed by atoms with Gasteiger partial charge in [0.15, 0.2) is 0 Å². The molecule has 1 aliphatic rings. The third-order valence-electron chi connectivity index (χ3n) is 3.60. The van der Waals surface area contributed by atoms with Crippen molar-refractivity contribution in [1.82, 2.24) is 0 Å². The van der Waals surface area contributed by atoms with E-state index in [9.17, 15) is 8.42 Å². The van der Waals surface area contributed by atoms with E-state index in [4.69, 9.17) is 0 Å². The first-order valence-corrected chi connectivity index (χ1v) is 8.51. The maximum absolute atomic E-state index is 11.4. The van der Waals surface area contributed by atoms with E-state index in [0.29, 0.717) is 11.7 Å². The highest BCUT2D eigenvalue weighted by molar-refractivity contribution is 7.92. The molecule has 1 aromatic carbocycles. The molecule has 0 heterocycles. The summed E-state index contributed by atoms with van der Waals surface area (Å²) in [4.78, 5) is 0. The zero-order chi connectivity index (χ0) is 13.9. The van der Waals surface area contributed by atoms with Crippen LogP contribution in [0.2, 0.25) is 0 Å². The van der Waals surface area contributed by atoms with Crippen LogP contribution in [0.3, 0.4) is 0 Å². The van der Waals surface area contributed by atoms with Gasteiger partial charge in [-0.2, -0.15) is 0 Å². The molecule has 106 valence electrons. The molecule has 0 radical (unpaired) electrons. The van der Waals surface area contributed by atoms with Gasteiger partial charge < -0.3 is 5.32 Å². The second-order valence-electron chi connectivity index (χ2n) is 5.34. The summed E-state index contributed by atoms with van der Waals surface area (Å²) in [6, 6.07) is 8.00. The Hall–Kier alpha value is -1.23. The number of anilines is 2. The SMILES string of the molecule is CCS(=O)(=O)Nc1ccc(NC2CCC(C)C2)cc1. The summed E-state index contributed by atoms with van der Waals surface area (Å²) < 4.78 is 25.4. The molecule has 2 N–H and O–H groups in total. The van der Waals surface area contributed by atoms with Gasteiger partial charge in [-0.1, -0.05) is 6.92 Å². The third-order valence-corrected chi connectivity index (χ3v) is 4.91. The Morgan fingerprint density at radius 1 is 1.16 bits per heavy atom. The van der Waals surface area contributed by atoms with E-state index >= 15 is 0 Å². The Bertz CT molecular complexity index is 511. The van der Waals surface area contributed by atoms with Crippen LogP contribution in [0, 0.1) is 5.92 Å². The van der Waals surface area contributed by atoms with E-state index in [0.717, 1.165) is 11.6 Å². The van der Waals surface area contributed by atoms with Gasteiger partial charge in [0, 0.05) is 17.4 Å². The van der Waals surface area contributed by atoms with Crippen molar-refractivity contribution in [2.24, 2.45) is 5.92 Å². The highest BCUT2D eigenvalue weighted by Crippen LogP contribution is 2.27. The highest BCUT2D eigenvalue weighted by Gasteiger charge is 2.20. The van der Waals surface area contributed by atoms with Gasteiger partial charge in [-0.3, -0.25) is 4.72 Å². The van der Waals surface area contributed by atoms with Gasteiger partial charge >= 0.3 is 0 Å². The Morgan fingerprint density at radius 2 is 1.79 bits per heavy atom. The lowest BCUT2D eigenvalue weighted by atomic mass is 10.1. The molecular weight excluding hydrogens is 260 g/mol. The first-order valence-electron chi connectivity index (χ1n) is 6.85. The van der Waals surface area contributed by atoms with Gasteiger partial charge in [0.05, 0.1) is 5.75 Å². The molecule has 4 nitrogen and oxygen atoms in total. The fourth-order valence-corrected chi connectivity index (χ4v) is 3.10. The average Bonchev–Trinajstić information content (AvgIpc) is 2.77. The standard InChI is InChI=1S/C14H22N2O2S/c1-3-19(17,18)16-13-8-6-12(7-9-13)15-14-5-4-11(2)10-14/h6-9,11,14-16H,3-5,10H2,1-2H3. The van der Waals surface area contributed by atoms with Gasteiger partial charge in [-0.25, -0.2) is 8.42 Å². The van der Waals surface area contributed by atoms with Gasteiger partial charge in [-0.15, -0.1) is 0 Å². The van der Waals surface area contributed by atoms with Gasteiger partial charge in [0.2, 0.25) is 10.0 Å². The molecule has 2 atom stereocenters. The van der Waals surface area contributed by atoms with Crippen molar-refractivity contribution in [3.63, 3.8) is 0 Å². The largest absolute Gasteiger partial charge is 0.382 e. The summed E-state index contributed by atoms with van der Waals surface area (Å²) in [7, 11) is -3.19. The molecule has 0 aliphatic heterocycles. The third kappa shape index (κ3) is 4.13. The molecule has 0 saturated heterocycles. The van der Waals surface area contributed by atoms with Crippen molar-refractivity contribution < 1.29 is 8.42 Å². The Balaban J connectivity index is 1.95. The van der Waals surface area contributed by atoms with Crippen LogP contribution in [0.15, 0.2) is 24.3 Å². The van der Waals surface area contributed by atoms with E-state index in [1.165, 1.54) is 19.3 Å². The zero-order valence-corrected chi connectivity index (χ0v) is 12.3. The van der Waals surface area contributed by atoms with E-state index in [2.05, 4.69) is 17.0 Å². The Kier molecular flexibility index (Phi) is 4.34. The van der Waals surface area contributed by atoms with Crippen LogP contribution in [-0.4, -0.2) is 20.2 Å². The first-order chi connectivity index (χ1) is 8.98. The Labute approximate surface area is 115 Å². The molecule has 5 heteroatoms. The minimum Gasteiger partial charge on any atom is -0.382 e. The molecule has 1 saturated carbocycles. The van der Waals surface area contributed by atoms with Crippen molar-refractivity contribution in [3.05, 3.63) is 24.3 Å². The molecule has 0 bridgehead atoms. The lowest BCUT2D eigenvalue weighted by molar-refractivity contribution is 0.602. The van der Waals surface area contributed by atoms with Crippen LogP contribution >= 0.6 is 0 Å². The van der Waals surface area contributed by atoms with Crippen molar-refractivity contribution >= 4 is 21.4 Å². The maximum atomic E-state index is 11.4. The van der Waals surface area contributed by atoms with Crippen molar-refractivity contribution in [3.8, 4) is 0 Å². The Morgan fingerprint density at radius 3 is 2.32 bits per heavy atom. The predicted octanol–water partition coefficient (Wildman–Crippen LogP) is 3.05. The molecule has 2 rings (SSSR count). The molecule has 0 aromatic heterocycles. The van der Waals surface area contributed by atoms with Crippen LogP contribution in [-0.2, 0) is 10.0 Å². The minimum atomic E-state index is -3.19. The quantitative estimate of drug-likeness (QED) is 0.872. The molecule has 2 unspecified atom stereocenters. The summed E-state index contributed by atoms with van der Waals surface area (Å²) in [6.07, 6.45) is 3.71. The minimum absolute atomic E-state index is 0.0902. The number of nitrogens with one attached hydrogen (secondary N) is 2. The fourth-order valence-electron chi connectivity index (χ4n) is 2.46. The van der Waals surface area contributed by atoms with Crippen molar-refractivity contribution in [2.45, 2.75) is 39.2 Å². The number of rotatable bonds is 5. The normalized spacial score (nSPS) is 23.3. The number of sulfonamides is 1. The second kappa shape index (κ2) is 5.82. The number of benzene rings is 1. The summed E-state index contributed by atoms with van der Waals surface area (Å²) in [5.41, 5.74) is 1.67. The maximum Gasteiger partial charge on any atom is 0.232 e. The van der Waals surface area contributed by atoms with Crippen LogP contribution < -0.4 is 10.0 Å². The molecule has 0 spiro atoms. The van der Waals surface area contributed by atoms with Crippen LogP contribution in [0.4, 0.5) is 11.4 Å². The molecule has 1 fully saturated rings. The van der Waals surface area contributed by atoms with Crippen LogP contribution in [0.5, 0.6) is 0 Å². The van der Waals surface area contributed by atoms with E-state index < -0.39 is 10.0 Å². The summed E-state index contributed by atoms with van der Waals surface area (Å²) in [5.74, 6) is 0.889. The van der Waals surface area contributed by atoms with Gasteiger partial charge in [0.25, 0.3) is 0 Å². The monoisotopic (exact) mass is 282 g/mol. The second-order valence-corrected chi connectivity index (χ2v) is 7.35. The van der Waals surface area contributed by atoms with Crippen molar-refractivity contribution in [2.75, 3.05) is 15.8 Å². The number of hydrogen-bond donors (Lipinski definition) is 2. The summed E-state index contributed by atoms with van der Waals surface area (Å²) in [6.45, 7) is 3.91. The van der Waals surface area contributed by atoms with Crippen LogP contribution in [0.25, 0.3) is 0 Å². The summed E-state index contributed by atoms with van der Waals surface area (Å²) >= 11 is 0. The zero-order valence-electron chi connectivity index (χ0n) is 11.5. The molecular formula is C14H22N2O2S. The van der Waals surface area contributed by atoms with Crippen molar-refractivity contribution in [1.29, 1.82) is 0 Å². The van der Waals surface area contributed by atoms with Gasteiger partial charge in [-0.05, 0) is 56.4 Å².